The molecule has 5 aliphatic rings. The number of halogens is 4. The summed E-state index contributed by atoms with van der Waals surface area (Å²) in [4.78, 5) is 33.4. The van der Waals surface area contributed by atoms with Gasteiger partial charge in [-0.25, -0.2) is 4.39 Å². The third kappa shape index (κ3) is 5.54. The summed E-state index contributed by atoms with van der Waals surface area (Å²) in [5.41, 5.74) is 1.16. The summed E-state index contributed by atoms with van der Waals surface area (Å²) in [6, 6.07) is 6.98. The van der Waals surface area contributed by atoms with Crippen LogP contribution >= 0.6 is 0 Å². The molecule has 7 atom stereocenters. The van der Waals surface area contributed by atoms with Gasteiger partial charge in [0.25, 0.3) is 5.91 Å². The van der Waals surface area contributed by atoms with Crippen molar-refractivity contribution in [1.29, 1.82) is 0 Å². The predicted molar refractivity (Wildman–Crippen MR) is 160 cm³/mol. The number of carbonyl (C=O) groups is 2. The molecule has 2 amide bonds. The van der Waals surface area contributed by atoms with Crippen LogP contribution in [0, 0.1) is 41.3 Å². The number of carbonyl (C=O) groups excluding carboxylic acids is 2. The van der Waals surface area contributed by atoms with Crippen LogP contribution in [0.25, 0.3) is 0 Å². The minimum atomic E-state index is -4.92. The third-order valence-electron chi connectivity index (χ3n) is 10.3. The first-order chi connectivity index (χ1) is 22.0. The van der Waals surface area contributed by atoms with Gasteiger partial charge in [0.2, 0.25) is 5.91 Å². The van der Waals surface area contributed by atoms with Gasteiger partial charge in [-0.1, -0.05) is 16.8 Å². The normalized spacial score (nSPS) is 30.6. The van der Waals surface area contributed by atoms with Crippen molar-refractivity contribution in [2.75, 3.05) is 19.0 Å². The quantitative estimate of drug-likeness (QED) is 0.253. The number of hydrogen-bond acceptors (Lipinski definition) is 6. The zero-order valence-electron chi connectivity index (χ0n) is 25.1. The highest BCUT2D eigenvalue weighted by Gasteiger charge is 2.55. The summed E-state index contributed by atoms with van der Waals surface area (Å²) in [6.07, 6.45) is 2.22. The summed E-state index contributed by atoms with van der Waals surface area (Å²) in [6.45, 7) is 0.0695. The van der Waals surface area contributed by atoms with Gasteiger partial charge in [-0.15, -0.1) is 0 Å². The third-order valence-corrected chi connectivity index (χ3v) is 10.3. The summed E-state index contributed by atoms with van der Waals surface area (Å²) in [5.74, 6) is -2.51. The smallest absolute Gasteiger partial charge is 0.419 e. The minimum Gasteiger partial charge on any atom is -0.496 e. The van der Waals surface area contributed by atoms with Crippen molar-refractivity contribution >= 4 is 23.2 Å². The standard InChI is InChI=1S/C34H35F4N3O5/c1-45-27-9-4-18(30-23-11-17(15-42)12-28(23)46-41-30)13-24(27)32(43)40-31-21-7-6-20(22(21)10-16-2-3-16)29(31)33(44)39-19-5-8-26(35)25(14-19)34(36,37)38/h4-5,8-10,13-14,16-17,20-21,23,28-29,31,42H,2-3,6-7,11-12,15H2,1H3,(H,39,44)(H,40,43)/b22-10-/t17?,20-,21+,23?,28?,29-,31+/m0/s1. The number of aliphatic hydroxyl groups is 1. The van der Waals surface area contributed by atoms with Crippen molar-refractivity contribution in [3.8, 4) is 5.75 Å². The molecule has 7 rings (SSSR count). The number of benzene rings is 2. The van der Waals surface area contributed by atoms with Gasteiger partial charge in [-0.3, -0.25) is 9.59 Å². The molecule has 4 aliphatic carbocycles. The van der Waals surface area contributed by atoms with Crippen LogP contribution in [0.1, 0.15) is 60.0 Å². The molecule has 0 saturated heterocycles. The van der Waals surface area contributed by atoms with E-state index in [1.165, 1.54) is 7.11 Å². The van der Waals surface area contributed by atoms with E-state index in [9.17, 15) is 32.3 Å². The number of allylic oxidation sites excluding steroid dienone is 1. The summed E-state index contributed by atoms with van der Waals surface area (Å²) < 4.78 is 59.6. The van der Waals surface area contributed by atoms with E-state index in [4.69, 9.17) is 9.57 Å². The van der Waals surface area contributed by atoms with Crippen LogP contribution in [0.5, 0.6) is 5.75 Å². The van der Waals surface area contributed by atoms with E-state index in [0.29, 0.717) is 41.5 Å². The molecule has 0 aromatic heterocycles. The monoisotopic (exact) mass is 641 g/mol. The lowest BCUT2D eigenvalue weighted by Crippen LogP contribution is -2.48. The molecule has 244 valence electrons. The predicted octanol–water partition coefficient (Wildman–Crippen LogP) is 5.70. The minimum absolute atomic E-state index is 0.000424. The van der Waals surface area contributed by atoms with Gasteiger partial charge in [-0.05, 0) is 92.7 Å². The van der Waals surface area contributed by atoms with Gasteiger partial charge >= 0.3 is 6.18 Å². The maximum absolute atomic E-state index is 14.0. The number of aliphatic hydroxyl groups excluding tert-OH is 1. The molecule has 1 aliphatic heterocycles. The fourth-order valence-electron chi connectivity index (χ4n) is 7.99. The highest BCUT2D eigenvalue weighted by molar-refractivity contribution is 6.06. The molecule has 8 nitrogen and oxygen atoms in total. The Kier molecular flexibility index (Phi) is 7.81. The van der Waals surface area contributed by atoms with Crippen molar-refractivity contribution in [3.63, 3.8) is 0 Å². The number of oxime groups is 1. The van der Waals surface area contributed by atoms with Crippen LogP contribution < -0.4 is 15.4 Å². The summed E-state index contributed by atoms with van der Waals surface area (Å²) in [5, 5.41) is 19.6. The van der Waals surface area contributed by atoms with Crippen LogP contribution in [0.4, 0.5) is 23.2 Å². The largest absolute Gasteiger partial charge is 0.496 e. The van der Waals surface area contributed by atoms with E-state index in [1.807, 2.05) is 6.07 Å². The van der Waals surface area contributed by atoms with E-state index < -0.39 is 41.3 Å². The molecule has 2 bridgehead atoms. The summed E-state index contributed by atoms with van der Waals surface area (Å²) in [7, 11) is 1.46. The van der Waals surface area contributed by atoms with Gasteiger partial charge in [0.1, 0.15) is 17.7 Å². The number of ether oxygens (including phenoxy) is 1. The molecule has 1 heterocycles. The Labute approximate surface area is 263 Å². The Morgan fingerprint density at radius 2 is 1.85 bits per heavy atom. The van der Waals surface area contributed by atoms with Crippen molar-refractivity contribution in [1.82, 2.24) is 5.32 Å². The second-order valence-corrected chi connectivity index (χ2v) is 13.2. The molecule has 4 saturated carbocycles. The van der Waals surface area contributed by atoms with Crippen LogP contribution in [0.2, 0.25) is 0 Å². The first kappa shape index (κ1) is 30.7. The Balaban J connectivity index is 1.16. The van der Waals surface area contributed by atoms with Gasteiger partial charge in [0.05, 0.1) is 29.9 Å². The number of fused-ring (bicyclic) bond motifs is 3. The number of amides is 2. The number of hydrogen-bond donors (Lipinski definition) is 3. The number of alkyl halides is 3. The van der Waals surface area contributed by atoms with Gasteiger partial charge in [-0.2, -0.15) is 13.2 Å². The highest BCUT2D eigenvalue weighted by atomic mass is 19.4. The molecule has 4 fully saturated rings. The Bertz CT molecular complexity index is 1620. The van der Waals surface area contributed by atoms with E-state index in [1.54, 1.807) is 12.1 Å². The fourth-order valence-corrected chi connectivity index (χ4v) is 7.99. The maximum Gasteiger partial charge on any atom is 0.419 e. The lowest BCUT2D eigenvalue weighted by atomic mass is 9.83. The van der Waals surface area contributed by atoms with E-state index in [0.717, 1.165) is 43.7 Å². The molecular weight excluding hydrogens is 606 g/mol. The van der Waals surface area contributed by atoms with Crippen molar-refractivity contribution in [2.24, 2.45) is 40.7 Å². The Hall–Kier alpha value is -3.93. The zero-order valence-corrected chi connectivity index (χ0v) is 25.1. The number of nitrogens with one attached hydrogen (secondary N) is 2. The van der Waals surface area contributed by atoms with Gasteiger partial charge in [0, 0.05) is 35.7 Å². The van der Waals surface area contributed by atoms with Crippen LogP contribution in [0.15, 0.2) is 53.2 Å². The zero-order chi connectivity index (χ0) is 32.3. The first-order valence-electron chi connectivity index (χ1n) is 15.8. The first-order valence-corrected chi connectivity index (χ1v) is 15.8. The topological polar surface area (TPSA) is 109 Å². The molecule has 2 aromatic carbocycles. The molecular formula is C34H35F4N3O5. The van der Waals surface area contributed by atoms with Crippen LogP contribution in [0.3, 0.4) is 0 Å². The number of nitrogens with zero attached hydrogens (tertiary/aromatic N) is 1. The molecule has 46 heavy (non-hydrogen) atoms. The molecule has 12 heteroatoms. The molecule has 3 unspecified atom stereocenters. The van der Waals surface area contributed by atoms with Crippen LogP contribution in [-0.4, -0.2) is 48.5 Å². The Morgan fingerprint density at radius 3 is 2.57 bits per heavy atom. The molecule has 3 N–H and O–H groups in total. The van der Waals surface area contributed by atoms with Gasteiger partial charge in [0.15, 0.2) is 0 Å². The fraction of sp³-hybridized carbons (Fsp3) is 0.500. The second kappa shape index (κ2) is 11.7. The maximum atomic E-state index is 14.0. The van der Waals surface area contributed by atoms with Crippen LogP contribution in [-0.2, 0) is 15.8 Å². The molecule has 0 radical (unpaired) electrons. The summed E-state index contributed by atoms with van der Waals surface area (Å²) >= 11 is 0. The lowest BCUT2D eigenvalue weighted by Gasteiger charge is -2.30. The number of rotatable bonds is 8. The van der Waals surface area contributed by atoms with Crippen molar-refractivity contribution in [3.05, 3.63) is 70.6 Å². The SMILES string of the molecule is COc1ccc(C2=NOC3CC(CO)CC23)cc1C(=O)N[C@H]1[C@@H](C(=O)Nc2ccc(F)c(C(F)(F)F)c2)[C@H]2CC[C@@H]1/C2=C\C1CC1. The second-order valence-electron chi connectivity index (χ2n) is 13.2. The van der Waals surface area contributed by atoms with Gasteiger partial charge < -0.3 is 25.3 Å². The number of methoxy groups -OCH3 is 1. The van der Waals surface area contributed by atoms with E-state index >= 15 is 0 Å². The highest BCUT2D eigenvalue weighted by Crippen LogP contribution is 2.54. The van der Waals surface area contributed by atoms with Crippen molar-refractivity contribution < 1.29 is 41.8 Å². The van der Waals surface area contributed by atoms with E-state index in [-0.39, 0.29) is 47.6 Å². The average molecular weight is 642 g/mol. The Morgan fingerprint density at radius 1 is 1.07 bits per heavy atom. The molecule has 2 aromatic rings. The van der Waals surface area contributed by atoms with Crippen molar-refractivity contribution in [2.45, 2.75) is 56.8 Å². The molecule has 0 spiro atoms. The number of anilines is 1. The lowest BCUT2D eigenvalue weighted by molar-refractivity contribution is -0.140. The average Bonchev–Trinajstić information content (AvgIpc) is 3.30. The van der Waals surface area contributed by atoms with E-state index in [2.05, 4.69) is 21.9 Å².